The van der Waals surface area contributed by atoms with Gasteiger partial charge in [-0.15, -0.1) is 0 Å². The summed E-state index contributed by atoms with van der Waals surface area (Å²) in [6.07, 6.45) is 0.293. The zero-order valence-electron chi connectivity index (χ0n) is 12.6. The molecule has 0 saturated heterocycles. The normalized spacial score (nSPS) is 10.1. The molecule has 0 saturated carbocycles. The molecule has 0 unspecified atom stereocenters. The molecule has 2 rings (SSSR count). The molecule has 2 aromatic rings. The monoisotopic (exact) mass is 344 g/mol. The molecule has 0 radical (unpaired) electrons. The van der Waals surface area contributed by atoms with Crippen LogP contribution < -0.4 is 5.32 Å². The Balaban J connectivity index is 1.69. The van der Waals surface area contributed by atoms with E-state index in [9.17, 15) is 4.79 Å². The fourth-order valence-corrected chi connectivity index (χ4v) is 3.14. The van der Waals surface area contributed by atoms with Gasteiger partial charge in [0.25, 0.3) is 0 Å². The Morgan fingerprint density at radius 2 is 1.83 bits per heavy atom. The lowest BCUT2D eigenvalue weighted by molar-refractivity contribution is -0.120. The number of carbonyl (C=O) groups is 1. The van der Waals surface area contributed by atoms with Crippen molar-refractivity contribution in [2.45, 2.75) is 12.2 Å². The topological polar surface area (TPSA) is 52.9 Å². The smallest absolute Gasteiger partial charge is 0.224 e. The minimum absolute atomic E-state index is 0.0314. The van der Waals surface area contributed by atoms with Gasteiger partial charge in [0.05, 0.1) is 18.1 Å². The van der Waals surface area contributed by atoms with Gasteiger partial charge in [-0.2, -0.15) is 17.0 Å². The summed E-state index contributed by atoms with van der Waals surface area (Å²) in [6, 6.07) is 17.1. The molecule has 0 heterocycles. The van der Waals surface area contributed by atoms with Crippen molar-refractivity contribution < 1.29 is 4.79 Å². The zero-order chi connectivity index (χ0) is 16.5. The molecule has 0 aliphatic carbocycles. The number of benzene rings is 2. The molecule has 0 atom stereocenters. The average Bonchev–Trinajstić information content (AvgIpc) is 2.57. The number of rotatable bonds is 7. The standard InChI is InChI=1S/C18H17ClN2OS/c19-17-8-4-3-5-14(17)11-18(22)21-9-10-23-13-16-7-2-1-6-15(16)12-20/h1-8H,9-11,13H2,(H,21,22). The Morgan fingerprint density at radius 3 is 2.57 bits per heavy atom. The highest BCUT2D eigenvalue weighted by atomic mass is 35.5. The number of amides is 1. The van der Waals surface area contributed by atoms with Gasteiger partial charge in [-0.25, -0.2) is 0 Å². The highest BCUT2D eigenvalue weighted by molar-refractivity contribution is 7.98. The third kappa shape index (κ3) is 5.63. The first-order valence-corrected chi connectivity index (χ1v) is 8.80. The second kappa shape index (κ2) is 9.24. The van der Waals surface area contributed by atoms with Crippen molar-refractivity contribution in [2.75, 3.05) is 12.3 Å². The number of carbonyl (C=O) groups excluding carboxylic acids is 1. The van der Waals surface area contributed by atoms with Crippen molar-refractivity contribution in [1.29, 1.82) is 5.26 Å². The van der Waals surface area contributed by atoms with Crippen molar-refractivity contribution in [3.05, 3.63) is 70.2 Å². The van der Waals surface area contributed by atoms with Gasteiger partial charge in [-0.05, 0) is 23.3 Å². The second-order valence-electron chi connectivity index (χ2n) is 4.94. The molecular weight excluding hydrogens is 328 g/mol. The number of nitrogens with zero attached hydrogens (tertiary/aromatic N) is 1. The molecule has 2 aromatic carbocycles. The Bertz CT molecular complexity index is 712. The van der Waals surface area contributed by atoms with Crippen LogP contribution in [0.2, 0.25) is 5.02 Å². The molecule has 0 aromatic heterocycles. The first-order valence-electron chi connectivity index (χ1n) is 7.26. The van der Waals surface area contributed by atoms with E-state index in [0.29, 0.717) is 23.6 Å². The van der Waals surface area contributed by atoms with Gasteiger partial charge in [0.2, 0.25) is 5.91 Å². The minimum Gasteiger partial charge on any atom is -0.355 e. The number of hydrogen-bond donors (Lipinski definition) is 1. The van der Waals surface area contributed by atoms with Crippen molar-refractivity contribution in [2.24, 2.45) is 0 Å². The SMILES string of the molecule is N#Cc1ccccc1CSCCNC(=O)Cc1ccccc1Cl. The number of nitrogens with one attached hydrogen (secondary N) is 1. The van der Waals surface area contributed by atoms with Gasteiger partial charge in [0.1, 0.15) is 0 Å². The Morgan fingerprint density at radius 1 is 1.13 bits per heavy atom. The van der Waals surface area contributed by atoms with E-state index < -0.39 is 0 Å². The highest BCUT2D eigenvalue weighted by Crippen LogP contribution is 2.16. The van der Waals surface area contributed by atoms with E-state index in [2.05, 4.69) is 11.4 Å². The first-order chi connectivity index (χ1) is 11.2. The molecule has 1 amide bonds. The third-order valence-electron chi connectivity index (χ3n) is 3.27. The van der Waals surface area contributed by atoms with E-state index in [1.165, 1.54) is 0 Å². The molecule has 3 nitrogen and oxygen atoms in total. The van der Waals surface area contributed by atoms with Crippen molar-refractivity contribution >= 4 is 29.3 Å². The van der Waals surface area contributed by atoms with Gasteiger partial charge in [0, 0.05) is 23.1 Å². The van der Waals surface area contributed by atoms with Gasteiger partial charge in [-0.1, -0.05) is 48.0 Å². The molecule has 118 valence electrons. The highest BCUT2D eigenvalue weighted by Gasteiger charge is 2.06. The van der Waals surface area contributed by atoms with Crippen LogP contribution in [0.4, 0.5) is 0 Å². The molecule has 0 bridgehead atoms. The van der Waals surface area contributed by atoms with Gasteiger partial charge in [0.15, 0.2) is 0 Å². The summed E-state index contributed by atoms with van der Waals surface area (Å²) < 4.78 is 0. The van der Waals surface area contributed by atoms with Crippen LogP contribution >= 0.6 is 23.4 Å². The Labute approximate surface area is 145 Å². The van der Waals surface area contributed by atoms with E-state index in [1.807, 2.05) is 42.5 Å². The third-order valence-corrected chi connectivity index (χ3v) is 4.65. The molecule has 1 N–H and O–H groups in total. The molecule has 23 heavy (non-hydrogen) atoms. The van der Waals surface area contributed by atoms with Gasteiger partial charge >= 0.3 is 0 Å². The maximum Gasteiger partial charge on any atom is 0.224 e. The van der Waals surface area contributed by atoms with Crippen LogP contribution in [0.15, 0.2) is 48.5 Å². The lowest BCUT2D eigenvalue weighted by Crippen LogP contribution is -2.27. The first kappa shape index (κ1) is 17.4. The summed E-state index contributed by atoms with van der Waals surface area (Å²) in [4.78, 5) is 11.9. The maximum absolute atomic E-state index is 11.9. The molecule has 5 heteroatoms. The van der Waals surface area contributed by atoms with Gasteiger partial charge in [-0.3, -0.25) is 4.79 Å². The summed E-state index contributed by atoms with van der Waals surface area (Å²) in [5, 5.41) is 12.5. The Hall–Kier alpha value is -1.96. The van der Waals surface area contributed by atoms with Crippen LogP contribution in [0.3, 0.4) is 0 Å². The summed E-state index contributed by atoms with van der Waals surface area (Å²) in [6.45, 7) is 0.600. The van der Waals surface area contributed by atoms with Crippen LogP contribution in [0.25, 0.3) is 0 Å². The summed E-state index contributed by atoms with van der Waals surface area (Å²) in [7, 11) is 0. The maximum atomic E-state index is 11.9. The van der Waals surface area contributed by atoms with Crippen molar-refractivity contribution in [3.63, 3.8) is 0 Å². The summed E-state index contributed by atoms with van der Waals surface area (Å²) in [5.74, 6) is 1.54. The second-order valence-corrected chi connectivity index (χ2v) is 6.45. The lowest BCUT2D eigenvalue weighted by atomic mass is 10.1. The number of nitriles is 1. The van der Waals surface area contributed by atoms with Crippen molar-refractivity contribution in [3.8, 4) is 6.07 Å². The predicted molar refractivity (Wildman–Crippen MR) is 95.5 cm³/mol. The summed E-state index contributed by atoms with van der Waals surface area (Å²) in [5.41, 5.74) is 2.58. The number of hydrogen-bond acceptors (Lipinski definition) is 3. The van der Waals surface area contributed by atoms with Crippen LogP contribution in [0, 0.1) is 11.3 Å². The van der Waals surface area contributed by atoms with Gasteiger partial charge < -0.3 is 5.32 Å². The van der Waals surface area contributed by atoms with E-state index in [-0.39, 0.29) is 5.91 Å². The predicted octanol–water partition coefficient (Wildman–Crippen LogP) is 3.80. The zero-order valence-corrected chi connectivity index (χ0v) is 14.2. The largest absolute Gasteiger partial charge is 0.355 e. The van der Waals surface area contributed by atoms with Crippen LogP contribution in [0.5, 0.6) is 0 Å². The average molecular weight is 345 g/mol. The molecule has 0 fully saturated rings. The number of halogens is 1. The van der Waals surface area contributed by atoms with Crippen LogP contribution in [0.1, 0.15) is 16.7 Å². The van der Waals surface area contributed by atoms with Crippen LogP contribution in [-0.4, -0.2) is 18.2 Å². The molecule has 0 aliphatic rings. The quantitative estimate of drug-likeness (QED) is 0.777. The lowest BCUT2D eigenvalue weighted by Gasteiger charge is -2.07. The van der Waals surface area contributed by atoms with E-state index >= 15 is 0 Å². The molecule has 0 spiro atoms. The van der Waals surface area contributed by atoms with E-state index in [0.717, 1.165) is 22.6 Å². The van der Waals surface area contributed by atoms with Crippen molar-refractivity contribution in [1.82, 2.24) is 5.32 Å². The van der Waals surface area contributed by atoms with E-state index in [4.69, 9.17) is 16.9 Å². The fraction of sp³-hybridized carbons (Fsp3) is 0.222. The molecule has 0 aliphatic heterocycles. The fourth-order valence-electron chi connectivity index (χ4n) is 2.08. The van der Waals surface area contributed by atoms with E-state index in [1.54, 1.807) is 17.8 Å². The Kier molecular flexibility index (Phi) is 6.99. The summed E-state index contributed by atoms with van der Waals surface area (Å²) >= 11 is 7.73. The number of thioether (sulfide) groups is 1. The van der Waals surface area contributed by atoms with Crippen LogP contribution in [-0.2, 0) is 17.0 Å². The molecular formula is C18H17ClN2OS. The minimum atomic E-state index is -0.0314.